The zero-order valence-electron chi connectivity index (χ0n) is 14.4. The molecule has 0 atom stereocenters. The number of amides is 2. The third-order valence-corrected chi connectivity index (χ3v) is 6.98. The molecule has 128 valence electrons. The van der Waals surface area contributed by atoms with E-state index in [4.69, 9.17) is 0 Å². The second kappa shape index (κ2) is 5.78. The largest absolute Gasteiger partial charge is 0.339 e. The first-order chi connectivity index (χ1) is 11.1. The predicted octanol–water partition coefficient (Wildman–Crippen LogP) is 2.67. The topological polar surface area (TPSA) is 40.6 Å². The van der Waals surface area contributed by atoms with Crippen LogP contribution in [0.4, 0.5) is 0 Å². The zero-order chi connectivity index (χ0) is 16.0. The lowest BCUT2D eigenvalue weighted by atomic mass is 9.49. The van der Waals surface area contributed by atoms with Crippen LogP contribution >= 0.6 is 0 Å². The van der Waals surface area contributed by atoms with E-state index in [0.717, 1.165) is 50.4 Å². The molecule has 0 unspecified atom stereocenters. The van der Waals surface area contributed by atoms with E-state index in [1.54, 1.807) is 0 Å². The summed E-state index contributed by atoms with van der Waals surface area (Å²) in [7, 11) is 0. The maximum atomic E-state index is 12.9. The molecule has 0 aromatic rings. The lowest BCUT2D eigenvalue weighted by molar-refractivity contribution is -0.144. The molecule has 0 N–H and O–H groups in total. The summed E-state index contributed by atoms with van der Waals surface area (Å²) >= 11 is 0. The van der Waals surface area contributed by atoms with Crippen molar-refractivity contribution in [3.8, 4) is 0 Å². The first-order valence-corrected chi connectivity index (χ1v) is 9.62. The number of hydrogen-bond donors (Lipinski definition) is 0. The summed E-state index contributed by atoms with van der Waals surface area (Å²) in [6.07, 6.45) is 9.57. The fraction of sp³-hybridized carbons (Fsp3) is 0.895. The van der Waals surface area contributed by atoms with E-state index < -0.39 is 0 Å². The van der Waals surface area contributed by atoms with E-state index in [9.17, 15) is 9.59 Å². The maximum absolute atomic E-state index is 12.9. The second-order valence-electron chi connectivity index (χ2n) is 8.71. The van der Waals surface area contributed by atoms with Crippen LogP contribution in [0.15, 0.2) is 0 Å². The molecule has 0 aromatic carbocycles. The van der Waals surface area contributed by atoms with Crippen molar-refractivity contribution in [2.75, 3.05) is 26.2 Å². The van der Waals surface area contributed by atoms with Gasteiger partial charge in [-0.05, 0) is 61.7 Å². The van der Waals surface area contributed by atoms with E-state index in [1.165, 1.54) is 38.5 Å². The number of hydrogen-bond acceptors (Lipinski definition) is 2. The minimum Gasteiger partial charge on any atom is -0.339 e. The second-order valence-corrected chi connectivity index (χ2v) is 8.71. The van der Waals surface area contributed by atoms with E-state index in [-0.39, 0.29) is 5.91 Å². The normalized spacial score (nSPS) is 38.9. The van der Waals surface area contributed by atoms with Crippen molar-refractivity contribution in [3.63, 3.8) is 0 Å². The molecular weight excluding hydrogens is 288 g/mol. The molecule has 4 nitrogen and oxygen atoms in total. The molecule has 1 saturated heterocycles. The zero-order valence-corrected chi connectivity index (χ0v) is 14.4. The fourth-order valence-electron chi connectivity index (χ4n) is 6.37. The number of carbonyl (C=O) groups is 2. The quantitative estimate of drug-likeness (QED) is 0.803. The Morgan fingerprint density at radius 3 is 1.70 bits per heavy atom. The summed E-state index contributed by atoms with van der Waals surface area (Å²) in [5, 5.41) is 0. The van der Waals surface area contributed by atoms with Crippen molar-refractivity contribution in [1.29, 1.82) is 0 Å². The van der Waals surface area contributed by atoms with Gasteiger partial charge in [0.2, 0.25) is 11.8 Å². The standard InChI is InChI=1S/C19H30N2O2/c1-2-17(22)20-3-5-21(6-4-20)18(23)13-19-10-14-7-15(11-19)9-16(8-14)12-19/h14-16H,2-13H2,1H3. The summed E-state index contributed by atoms with van der Waals surface area (Å²) in [6, 6.07) is 0. The van der Waals surface area contributed by atoms with Crippen LogP contribution in [0.5, 0.6) is 0 Å². The Bertz CT molecular complexity index is 458. The average molecular weight is 318 g/mol. The van der Waals surface area contributed by atoms with Gasteiger partial charge in [-0.2, -0.15) is 0 Å². The van der Waals surface area contributed by atoms with Gasteiger partial charge < -0.3 is 9.80 Å². The van der Waals surface area contributed by atoms with Gasteiger partial charge in [0.25, 0.3) is 0 Å². The van der Waals surface area contributed by atoms with Crippen LogP contribution in [0.2, 0.25) is 0 Å². The van der Waals surface area contributed by atoms with Crippen molar-refractivity contribution < 1.29 is 9.59 Å². The van der Waals surface area contributed by atoms with Crippen molar-refractivity contribution in [3.05, 3.63) is 0 Å². The SMILES string of the molecule is CCC(=O)N1CCN(C(=O)CC23CC4CC(CC(C4)C2)C3)CC1. The van der Waals surface area contributed by atoms with Crippen LogP contribution in [-0.4, -0.2) is 47.8 Å². The Morgan fingerprint density at radius 1 is 0.826 bits per heavy atom. The van der Waals surface area contributed by atoms with Gasteiger partial charge in [0, 0.05) is 39.0 Å². The molecule has 0 aromatic heterocycles. The Labute approximate surface area is 139 Å². The fourth-order valence-corrected chi connectivity index (χ4v) is 6.37. The van der Waals surface area contributed by atoms with Crippen molar-refractivity contribution in [2.45, 2.75) is 58.3 Å². The molecule has 0 radical (unpaired) electrons. The third-order valence-electron chi connectivity index (χ3n) is 6.98. The number of rotatable bonds is 3. The van der Waals surface area contributed by atoms with E-state index >= 15 is 0 Å². The van der Waals surface area contributed by atoms with Crippen molar-refractivity contribution in [2.24, 2.45) is 23.2 Å². The third kappa shape index (κ3) is 2.89. The molecule has 23 heavy (non-hydrogen) atoms. The predicted molar refractivity (Wildman–Crippen MR) is 88.7 cm³/mol. The molecule has 5 rings (SSSR count). The van der Waals surface area contributed by atoms with Crippen LogP contribution in [0.3, 0.4) is 0 Å². The van der Waals surface area contributed by atoms with Crippen molar-refractivity contribution >= 4 is 11.8 Å². The highest BCUT2D eigenvalue weighted by atomic mass is 16.2. The van der Waals surface area contributed by atoms with E-state index in [1.807, 2.05) is 16.7 Å². The molecule has 5 aliphatic rings. The first kappa shape index (κ1) is 15.5. The average Bonchev–Trinajstić information content (AvgIpc) is 2.52. The molecule has 4 aliphatic carbocycles. The molecule has 4 saturated carbocycles. The number of carbonyl (C=O) groups excluding carboxylic acids is 2. The molecule has 2 amide bonds. The van der Waals surface area contributed by atoms with Gasteiger partial charge in [-0.25, -0.2) is 0 Å². The highest BCUT2D eigenvalue weighted by Gasteiger charge is 2.51. The minimum atomic E-state index is 0.221. The molecule has 4 heteroatoms. The van der Waals surface area contributed by atoms with Gasteiger partial charge >= 0.3 is 0 Å². The van der Waals surface area contributed by atoms with E-state index in [2.05, 4.69) is 0 Å². The van der Waals surface area contributed by atoms with Gasteiger partial charge in [-0.3, -0.25) is 9.59 Å². The van der Waals surface area contributed by atoms with Gasteiger partial charge in [-0.1, -0.05) is 6.92 Å². The molecule has 5 fully saturated rings. The van der Waals surface area contributed by atoms with Gasteiger partial charge in [0.05, 0.1) is 0 Å². The lowest BCUT2D eigenvalue weighted by Crippen LogP contribution is -2.53. The van der Waals surface area contributed by atoms with Crippen LogP contribution in [0.25, 0.3) is 0 Å². The van der Waals surface area contributed by atoms with E-state index in [0.29, 0.717) is 17.7 Å². The molecule has 1 heterocycles. The number of nitrogens with zero attached hydrogens (tertiary/aromatic N) is 2. The monoisotopic (exact) mass is 318 g/mol. The van der Waals surface area contributed by atoms with Crippen molar-refractivity contribution in [1.82, 2.24) is 9.80 Å². The Morgan fingerprint density at radius 2 is 1.26 bits per heavy atom. The molecular formula is C19H30N2O2. The molecule has 0 spiro atoms. The molecule has 4 bridgehead atoms. The highest BCUT2D eigenvalue weighted by Crippen LogP contribution is 2.61. The summed E-state index contributed by atoms with van der Waals surface area (Å²) in [5.41, 5.74) is 0.336. The van der Waals surface area contributed by atoms with Crippen LogP contribution < -0.4 is 0 Å². The van der Waals surface area contributed by atoms with Crippen LogP contribution in [-0.2, 0) is 9.59 Å². The minimum absolute atomic E-state index is 0.221. The van der Waals surface area contributed by atoms with Crippen LogP contribution in [0, 0.1) is 23.2 Å². The van der Waals surface area contributed by atoms with Crippen LogP contribution in [0.1, 0.15) is 58.3 Å². The Balaban J connectivity index is 1.35. The van der Waals surface area contributed by atoms with Gasteiger partial charge in [0.1, 0.15) is 0 Å². The Kier molecular flexibility index (Phi) is 3.89. The first-order valence-electron chi connectivity index (χ1n) is 9.62. The molecule has 1 aliphatic heterocycles. The number of piperazine rings is 1. The van der Waals surface area contributed by atoms with Gasteiger partial charge in [-0.15, -0.1) is 0 Å². The lowest BCUT2D eigenvalue weighted by Gasteiger charge is -2.57. The summed E-state index contributed by atoms with van der Waals surface area (Å²) in [5.74, 6) is 3.31. The summed E-state index contributed by atoms with van der Waals surface area (Å²) in [4.78, 5) is 28.6. The van der Waals surface area contributed by atoms with Gasteiger partial charge in [0.15, 0.2) is 0 Å². The smallest absolute Gasteiger partial charge is 0.223 e. The Hall–Kier alpha value is -1.06. The highest BCUT2D eigenvalue weighted by molar-refractivity contribution is 5.78. The maximum Gasteiger partial charge on any atom is 0.223 e. The summed E-state index contributed by atoms with van der Waals surface area (Å²) < 4.78 is 0. The summed E-state index contributed by atoms with van der Waals surface area (Å²) in [6.45, 7) is 4.82.